The van der Waals surface area contributed by atoms with Crippen LogP contribution >= 0.6 is 23.2 Å². The molecule has 0 radical (unpaired) electrons. The van der Waals surface area contributed by atoms with E-state index in [0.29, 0.717) is 52.0 Å². The molecule has 2 aromatic carbocycles. The highest BCUT2D eigenvalue weighted by molar-refractivity contribution is 6.35. The molecule has 1 aliphatic heterocycles. The molecule has 0 fully saturated rings. The summed E-state index contributed by atoms with van der Waals surface area (Å²) in [5.41, 5.74) is 5.85. The van der Waals surface area contributed by atoms with Crippen molar-refractivity contribution in [1.82, 2.24) is 4.90 Å². The van der Waals surface area contributed by atoms with E-state index >= 15 is 0 Å². The summed E-state index contributed by atoms with van der Waals surface area (Å²) < 4.78 is 6.37. The second kappa shape index (κ2) is 9.57. The van der Waals surface area contributed by atoms with Crippen LogP contribution in [0.15, 0.2) is 58.9 Å². The molecule has 0 aromatic heterocycles. The molecule has 3 aliphatic rings. The van der Waals surface area contributed by atoms with Gasteiger partial charge in [0.2, 0.25) is 0 Å². The number of aryl methyl sites for hydroxylation is 1. The average Bonchev–Trinajstić information content (AvgIpc) is 2.79. The van der Waals surface area contributed by atoms with Gasteiger partial charge in [0, 0.05) is 58.9 Å². The molecule has 200 valence electrons. The van der Waals surface area contributed by atoms with E-state index in [1.165, 1.54) is 5.56 Å². The minimum atomic E-state index is -0.562. The zero-order valence-corrected chi connectivity index (χ0v) is 24.5. The Hall–Kier alpha value is -2.56. The van der Waals surface area contributed by atoms with Crippen molar-refractivity contribution >= 4 is 34.8 Å². The lowest BCUT2D eigenvalue weighted by Crippen LogP contribution is -2.43. The fourth-order valence-corrected chi connectivity index (χ4v) is 6.83. The summed E-state index contributed by atoms with van der Waals surface area (Å²) in [5, 5.41) is 0.818. The monoisotopic (exact) mass is 551 g/mol. The molecular formula is C32H35Cl2NO3. The van der Waals surface area contributed by atoms with Gasteiger partial charge in [0.1, 0.15) is 12.4 Å². The quantitative estimate of drug-likeness (QED) is 0.384. The van der Waals surface area contributed by atoms with E-state index < -0.39 is 5.92 Å². The molecule has 2 aliphatic carbocycles. The number of nitrogens with zero attached hydrogens (tertiary/aromatic N) is 1. The molecule has 38 heavy (non-hydrogen) atoms. The minimum absolute atomic E-state index is 0.0675. The summed E-state index contributed by atoms with van der Waals surface area (Å²) in [7, 11) is 2.00. The van der Waals surface area contributed by atoms with Crippen molar-refractivity contribution in [2.24, 2.45) is 10.8 Å². The first-order chi connectivity index (χ1) is 17.8. The highest BCUT2D eigenvalue weighted by atomic mass is 35.5. The number of hydrogen-bond acceptors (Lipinski definition) is 4. The van der Waals surface area contributed by atoms with Crippen molar-refractivity contribution < 1.29 is 14.3 Å². The number of rotatable bonds is 4. The third kappa shape index (κ3) is 4.94. The molecule has 5 rings (SSSR count). The maximum atomic E-state index is 13.8. The van der Waals surface area contributed by atoms with Crippen LogP contribution in [0.4, 0.5) is 0 Å². The predicted octanol–water partition coefficient (Wildman–Crippen LogP) is 8.20. The summed E-state index contributed by atoms with van der Waals surface area (Å²) in [4.78, 5) is 29.8. The van der Waals surface area contributed by atoms with Gasteiger partial charge in [-0.3, -0.25) is 9.59 Å². The Labute approximate surface area is 235 Å². The molecule has 0 amide bonds. The zero-order chi connectivity index (χ0) is 27.6. The van der Waals surface area contributed by atoms with Gasteiger partial charge in [0.05, 0.1) is 5.02 Å². The minimum Gasteiger partial charge on any atom is -0.487 e. The molecule has 4 nitrogen and oxygen atoms in total. The van der Waals surface area contributed by atoms with E-state index in [2.05, 4.69) is 32.6 Å². The van der Waals surface area contributed by atoms with E-state index in [1.54, 1.807) is 6.07 Å². The summed E-state index contributed by atoms with van der Waals surface area (Å²) >= 11 is 13.3. The van der Waals surface area contributed by atoms with Gasteiger partial charge in [-0.15, -0.1) is 0 Å². The standard InChI is InChI=1S/C32H35Cl2NO3/c1-18-7-9-19(10-8-18)17-38-30-21(11-20(33)12-22(30)34)27-28-23(13-31(2,3)15-25(28)36)35(6)24-14-32(4,5)16-26(37)29(24)27/h7-12,27H,13-17H2,1-6H3. The van der Waals surface area contributed by atoms with Crippen molar-refractivity contribution in [3.63, 3.8) is 0 Å². The summed E-state index contributed by atoms with van der Waals surface area (Å²) in [6.07, 6.45) is 2.35. The Balaban J connectivity index is 1.70. The molecule has 0 atom stereocenters. The number of allylic oxidation sites excluding steroid dienone is 4. The van der Waals surface area contributed by atoms with E-state index in [4.69, 9.17) is 27.9 Å². The molecule has 1 heterocycles. The van der Waals surface area contributed by atoms with Crippen LogP contribution in [0.1, 0.15) is 76.0 Å². The number of benzene rings is 2. The van der Waals surface area contributed by atoms with Gasteiger partial charge in [-0.2, -0.15) is 0 Å². The van der Waals surface area contributed by atoms with Crippen molar-refractivity contribution in [2.75, 3.05) is 7.05 Å². The van der Waals surface area contributed by atoms with Crippen LogP contribution in [0.5, 0.6) is 5.75 Å². The second-order valence-electron chi connectivity index (χ2n) is 12.7. The molecule has 0 spiro atoms. The lowest BCUT2D eigenvalue weighted by molar-refractivity contribution is -0.119. The van der Waals surface area contributed by atoms with Crippen LogP contribution in [0.2, 0.25) is 10.0 Å². The smallest absolute Gasteiger partial charge is 0.162 e. The number of carbonyl (C=O) groups is 2. The van der Waals surface area contributed by atoms with Crippen LogP contribution < -0.4 is 4.74 Å². The fraction of sp³-hybridized carbons (Fsp3) is 0.438. The Bertz CT molecular complexity index is 1340. The number of Topliss-reactive ketones (excluding diaryl/α,β-unsaturated/α-hetero) is 2. The maximum absolute atomic E-state index is 13.8. The first kappa shape index (κ1) is 27.0. The van der Waals surface area contributed by atoms with Gasteiger partial charge >= 0.3 is 0 Å². The largest absolute Gasteiger partial charge is 0.487 e. The van der Waals surface area contributed by atoms with Crippen LogP contribution in [-0.4, -0.2) is 23.5 Å². The van der Waals surface area contributed by atoms with Gasteiger partial charge in [0.25, 0.3) is 0 Å². The summed E-state index contributed by atoms with van der Waals surface area (Å²) in [6, 6.07) is 11.6. The van der Waals surface area contributed by atoms with Crippen molar-refractivity contribution in [3.8, 4) is 5.75 Å². The first-order valence-corrected chi connectivity index (χ1v) is 14.0. The maximum Gasteiger partial charge on any atom is 0.162 e. The Kier molecular flexibility index (Phi) is 6.81. The van der Waals surface area contributed by atoms with E-state index in [1.807, 2.05) is 44.3 Å². The van der Waals surface area contributed by atoms with E-state index in [-0.39, 0.29) is 22.4 Å². The highest BCUT2D eigenvalue weighted by Gasteiger charge is 2.49. The third-order valence-corrected chi connectivity index (χ3v) is 8.53. The molecular weight excluding hydrogens is 517 g/mol. The van der Waals surface area contributed by atoms with E-state index in [9.17, 15) is 9.59 Å². The zero-order valence-electron chi connectivity index (χ0n) is 23.0. The van der Waals surface area contributed by atoms with Crippen LogP contribution in [0, 0.1) is 17.8 Å². The van der Waals surface area contributed by atoms with Gasteiger partial charge < -0.3 is 9.64 Å². The number of halogens is 2. The van der Waals surface area contributed by atoms with Crippen LogP contribution in [-0.2, 0) is 16.2 Å². The van der Waals surface area contributed by atoms with Gasteiger partial charge in [0.15, 0.2) is 11.6 Å². The third-order valence-electron chi connectivity index (χ3n) is 8.03. The average molecular weight is 553 g/mol. The lowest BCUT2D eigenvalue weighted by atomic mass is 9.63. The molecule has 0 N–H and O–H groups in total. The summed E-state index contributed by atoms with van der Waals surface area (Å²) in [6.45, 7) is 10.9. The summed E-state index contributed by atoms with van der Waals surface area (Å²) in [5.74, 6) is 0.0449. The fourth-order valence-electron chi connectivity index (χ4n) is 6.26. The van der Waals surface area contributed by atoms with Gasteiger partial charge in [-0.1, -0.05) is 80.7 Å². The van der Waals surface area contributed by atoms with Crippen molar-refractivity contribution in [3.05, 3.63) is 85.7 Å². The molecule has 0 saturated heterocycles. The van der Waals surface area contributed by atoms with Gasteiger partial charge in [-0.25, -0.2) is 0 Å². The predicted molar refractivity (Wildman–Crippen MR) is 153 cm³/mol. The number of hydrogen-bond donors (Lipinski definition) is 0. The highest BCUT2D eigenvalue weighted by Crippen LogP contribution is 2.56. The van der Waals surface area contributed by atoms with Crippen LogP contribution in [0.3, 0.4) is 0 Å². The Morgan fingerprint density at radius 1 is 0.868 bits per heavy atom. The molecule has 0 saturated carbocycles. The van der Waals surface area contributed by atoms with Gasteiger partial charge in [-0.05, 0) is 48.3 Å². The molecule has 6 heteroatoms. The lowest BCUT2D eigenvalue weighted by Gasteiger charge is -2.48. The SMILES string of the molecule is Cc1ccc(COc2c(Cl)cc(Cl)cc2C2C3=C(CC(C)(C)CC3=O)N(C)C3=C2C(=O)CC(C)(C)C3)cc1. The number of ketones is 2. The molecule has 0 bridgehead atoms. The number of carbonyl (C=O) groups excluding carboxylic acids is 2. The Morgan fingerprint density at radius 2 is 1.39 bits per heavy atom. The topological polar surface area (TPSA) is 46.6 Å². The number of ether oxygens (including phenoxy) is 1. The second-order valence-corrected chi connectivity index (χ2v) is 13.5. The molecule has 2 aromatic rings. The Morgan fingerprint density at radius 3 is 1.92 bits per heavy atom. The van der Waals surface area contributed by atoms with Crippen LogP contribution in [0.25, 0.3) is 0 Å². The van der Waals surface area contributed by atoms with E-state index in [0.717, 1.165) is 29.8 Å². The molecule has 0 unspecified atom stereocenters. The first-order valence-electron chi connectivity index (χ1n) is 13.2. The van der Waals surface area contributed by atoms with Crippen molar-refractivity contribution in [2.45, 2.75) is 72.8 Å². The van der Waals surface area contributed by atoms with Crippen molar-refractivity contribution in [1.29, 1.82) is 0 Å². The normalized spacial score (nSPS) is 21.0.